The molecular formula is C18H22N6O2S2. The number of hydrogen-bond donors (Lipinski definition) is 3. The summed E-state index contributed by atoms with van der Waals surface area (Å²) in [7, 11) is -1.96. The molecule has 0 aliphatic carbocycles. The molecule has 2 heterocycles. The van der Waals surface area contributed by atoms with E-state index in [4.69, 9.17) is 5.14 Å². The third-order valence-corrected chi connectivity index (χ3v) is 6.51. The molecule has 0 bridgehead atoms. The van der Waals surface area contributed by atoms with Gasteiger partial charge in [0.25, 0.3) is 0 Å². The van der Waals surface area contributed by atoms with Gasteiger partial charge in [-0.1, -0.05) is 12.1 Å². The average Bonchev–Trinajstić information content (AvgIpc) is 3.36. The van der Waals surface area contributed by atoms with Crippen molar-refractivity contribution in [1.29, 1.82) is 0 Å². The normalized spacial score (nSPS) is 12.1. The van der Waals surface area contributed by atoms with E-state index in [0.29, 0.717) is 19.0 Å². The minimum Gasteiger partial charge on any atom is -0.356 e. The van der Waals surface area contributed by atoms with Crippen LogP contribution >= 0.6 is 11.3 Å². The van der Waals surface area contributed by atoms with Crippen LogP contribution in [-0.2, 0) is 23.0 Å². The van der Waals surface area contributed by atoms with Gasteiger partial charge in [0.05, 0.1) is 12.2 Å². The second-order valence-electron chi connectivity index (χ2n) is 5.99. The van der Waals surface area contributed by atoms with E-state index in [1.54, 1.807) is 19.3 Å². The van der Waals surface area contributed by atoms with Crippen LogP contribution in [0.1, 0.15) is 10.4 Å². The van der Waals surface area contributed by atoms with Gasteiger partial charge in [0.1, 0.15) is 4.21 Å². The van der Waals surface area contributed by atoms with E-state index in [1.807, 2.05) is 29.1 Å². The van der Waals surface area contributed by atoms with Gasteiger partial charge < -0.3 is 10.6 Å². The van der Waals surface area contributed by atoms with Crippen molar-refractivity contribution in [3.05, 3.63) is 65.3 Å². The van der Waals surface area contributed by atoms with Crippen LogP contribution in [0.4, 0.5) is 0 Å². The van der Waals surface area contributed by atoms with E-state index in [0.717, 1.165) is 28.3 Å². The van der Waals surface area contributed by atoms with Gasteiger partial charge in [0.15, 0.2) is 5.96 Å². The zero-order chi connectivity index (χ0) is 20.0. The van der Waals surface area contributed by atoms with Gasteiger partial charge >= 0.3 is 0 Å². The molecule has 8 nitrogen and oxygen atoms in total. The zero-order valence-corrected chi connectivity index (χ0v) is 17.0. The number of thiophene rings is 1. The van der Waals surface area contributed by atoms with E-state index in [9.17, 15) is 8.42 Å². The predicted octanol–water partition coefficient (Wildman–Crippen LogP) is 1.49. The fourth-order valence-corrected chi connectivity index (χ4v) is 4.28. The maximum Gasteiger partial charge on any atom is 0.247 e. The number of nitrogens with one attached hydrogen (secondary N) is 2. The largest absolute Gasteiger partial charge is 0.356 e. The molecule has 0 radical (unpaired) electrons. The Morgan fingerprint density at radius 3 is 2.61 bits per heavy atom. The number of nitrogens with two attached hydrogens (primary N) is 1. The Morgan fingerprint density at radius 2 is 2.00 bits per heavy atom. The molecule has 0 saturated carbocycles. The zero-order valence-electron chi connectivity index (χ0n) is 15.4. The molecule has 0 amide bonds. The molecule has 0 aliphatic heterocycles. The van der Waals surface area contributed by atoms with Crippen LogP contribution in [0.2, 0.25) is 0 Å². The van der Waals surface area contributed by atoms with Crippen molar-refractivity contribution in [2.75, 3.05) is 13.6 Å². The molecule has 3 aromatic rings. The van der Waals surface area contributed by atoms with E-state index in [2.05, 4.69) is 32.9 Å². The van der Waals surface area contributed by atoms with Gasteiger partial charge in [0, 0.05) is 30.9 Å². The molecule has 3 rings (SSSR count). The lowest BCUT2D eigenvalue weighted by molar-refractivity contribution is 0.600. The third kappa shape index (κ3) is 5.41. The molecule has 0 aliphatic rings. The van der Waals surface area contributed by atoms with Crippen LogP contribution in [0.5, 0.6) is 0 Å². The first-order valence-electron chi connectivity index (χ1n) is 8.61. The van der Waals surface area contributed by atoms with E-state index >= 15 is 0 Å². The number of aromatic nitrogens is 2. The Bertz CT molecular complexity index is 1020. The van der Waals surface area contributed by atoms with Crippen LogP contribution < -0.4 is 15.8 Å². The Balaban J connectivity index is 1.46. The summed E-state index contributed by atoms with van der Waals surface area (Å²) in [4.78, 5) is 5.04. The molecule has 4 N–H and O–H groups in total. The minimum atomic E-state index is -3.65. The number of nitrogens with zero attached hydrogens (tertiary/aromatic N) is 3. The van der Waals surface area contributed by atoms with Gasteiger partial charge in [-0.05, 0) is 42.3 Å². The molecule has 10 heteroatoms. The van der Waals surface area contributed by atoms with Crippen LogP contribution in [0, 0.1) is 0 Å². The maximum atomic E-state index is 11.3. The van der Waals surface area contributed by atoms with E-state index in [1.165, 1.54) is 11.6 Å². The number of rotatable bonds is 7. The van der Waals surface area contributed by atoms with E-state index < -0.39 is 10.0 Å². The molecule has 0 unspecified atom stereocenters. The number of sulfonamides is 1. The number of hydrogen-bond acceptors (Lipinski definition) is 5. The van der Waals surface area contributed by atoms with Gasteiger partial charge in [-0.15, -0.1) is 11.3 Å². The highest BCUT2D eigenvalue weighted by molar-refractivity contribution is 7.91. The second kappa shape index (κ2) is 9.00. The fourth-order valence-electron chi connectivity index (χ4n) is 2.56. The molecule has 0 spiro atoms. The third-order valence-electron chi connectivity index (χ3n) is 3.98. The maximum absolute atomic E-state index is 11.3. The summed E-state index contributed by atoms with van der Waals surface area (Å²) in [6, 6.07) is 13.4. The lowest BCUT2D eigenvalue weighted by Gasteiger charge is -2.11. The van der Waals surface area contributed by atoms with Crippen molar-refractivity contribution in [1.82, 2.24) is 20.4 Å². The highest BCUT2D eigenvalue weighted by Gasteiger charge is 2.11. The lowest BCUT2D eigenvalue weighted by atomic mass is 10.1. The van der Waals surface area contributed by atoms with Crippen LogP contribution in [-0.4, -0.2) is 37.8 Å². The van der Waals surface area contributed by atoms with E-state index in [-0.39, 0.29) is 4.21 Å². The topological polar surface area (TPSA) is 114 Å². The van der Waals surface area contributed by atoms with Crippen molar-refractivity contribution >= 4 is 27.3 Å². The summed E-state index contributed by atoms with van der Waals surface area (Å²) in [5, 5.41) is 15.8. The lowest BCUT2D eigenvalue weighted by Crippen LogP contribution is -2.37. The first kappa shape index (κ1) is 20.1. The van der Waals surface area contributed by atoms with Gasteiger partial charge in [-0.3, -0.25) is 4.99 Å². The molecule has 2 aromatic heterocycles. The van der Waals surface area contributed by atoms with Crippen molar-refractivity contribution in [3.8, 4) is 5.69 Å². The quantitative estimate of drug-likeness (QED) is 0.397. The smallest absolute Gasteiger partial charge is 0.247 e. The van der Waals surface area contributed by atoms with Crippen molar-refractivity contribution < 1.29 is 8.42 Å². The molecule has 0 fully saturated rings. The Labute approximate surface area is 168 Å². The monoisotopic (exact) mass is 418 g/mol. The van der Waals surface area contributed by atoms with Gasteiger partial charge in [-0.2, -0.15) is 5.10 Å². The Kier molecular flexibility index (Phi) is 6.45. The Morgan fingerprint density at radius 1 is 1.21 bits per heavy atom. The summed E-state index contributed by atoms with van der Waals surface area (Å²) in [6.45, 7) is 1.19. The highest BCUT2D eigenvalue weighted by Crippen LogP contribution is 2.19. The summed E-state index contributed by atoms with van der Waals surface area (Å²) >= 11 is 1.15. The van der Waals surface area contributed by atoms with Crippen molar-refractivity contribution in [2.24, 2.45) is 10.1 Å². The summed E-state index contributed by atoms with van der Waals surface area (Å²) in [5.74, 6) is 0.652. The molecular weight excluding hydrogens is 396 g/mol. The van der Waals surface area contributed by atoms with Gasteiger partial charge in [0.2, 0.25) is 10.0 Å². The summed E-state index contributed by atoms with van der Waals surface area (Å²) < 4.78 is 24.6. The second-order valence-corrected chi connectivity index (χ2v) is 8.94. The molecule has 0 atom stereocenters. The minimum absolute atomic E-state index is 0.158. The standard InChI is InChI=1S/C18H22N6O2S2/c1-20-18(22-13-16-7-8-17(27-16)28(19,25)26)21-11-9-14-3-5-15(6-4-14)24-12-2-10-23-24/h2-8,10,12H,9,11,13H2,1H3,(H2,19,25,26)(H2,20,21,22). The predicted molar refractivity (Wildman–Crippen MR) is 111 cm³/mol. The summed E-state index contributed by atoms with van der Waals surface area (Å²) in [5.41, 5.74) is 2.23. The SMILES string of the molecule is CN=C(NCCc1ccc(-n2cccn2)cc1)NCc1ccc(S(N)(=O)=O)s1. The number of guanidine groups is 1. The first-order chi connectivity index (χ1) is 13.5. The Hall–Kier alpha value is -2.69. The molecule has 0 saturated heterocycles. The number of aliphatic imine (C=N–C) groups is 1. The fraction of sp³-hybridized carbons (Fsp3) is 0.222. The first-order valence-corrected chi connectivity index (χ1v) is 11.0. The number of benzene rings is 1. The summed E-state index contributed by atoms with van der Waals surface area (Å²) in [6.07, 6.45) is 4.50. The highest BCUT2D eigenvalue weighted by atomic mass is 32.2. The van der Waals surface area contributed by atoms with Crippen molar-refractivity contribution in [3.63, 3.8) is 0 Å². The molecule has 28 heavy (non-hydrogen) atoms. The van der Waals surface area contributed by atoms with Crippen LogP contribution in [0.25, 0.3) is 5.69 Å². The molecule has 1 aromatic carbocycles. The average molecular weight is 419 g/mol. The number of primary sulfonamides is 1. The van der Waals surface area contributed by atoms with Crippen LogP contribution in [0.15, 0.2) is 64.1 Å². The molecule has 148 valence electrons. The van der Waals surface area contributed by atoms with Crippen LogP contribution in [0.3, 0.4) is 0 Å². The van der Waals surface area contributed by atoms with Gasteiger partial charge in [-0.25, -0.2) is 18.2 Å². The van der Waals surface area contributed by atoms with Crippen molar-refractivity contribution in [2.45, 2.75) is 17.2 Å².